The molecule has 0 spiro atoms. The van der Waals surface area contributed by atoms with Crippen LogP contribution in [0.3, 0.4) is 0 Å². The molecule has 1 saturated heterocycles. The number of benzene rings is 1. The first-order valence-electron chi connectivity index (χ1n) is 9.54. The lowest BCUT2D eigenvalue weighted by Crippen LogP contribution is -2.53. The van der Waals surface area contributed by atoms with E-state index in [2.05, 4.69) is 0 Å². The largest absolute Gasteiger partial charge is 0.481 e. The van der Waals surface area contributed by atoms with Crippen molar-refractivity contribution in [1.29, 1.82) is 0 Å². The van der Waals surface area contributed by atoms with Gasteiger partial charge in [-0.15, -0.1) is 0 Å². The highest BCUT2D eigenvalue weighted by atomic mass is 35.5. The zero-order valence-corrected chi connectivity index (χ0v) is 18.0. The fourth-order valence-electron chi connectivity index (χ4n) is 3.95. The van der Waals surface area contributed by atoms with Crippen LogP contribution in [0, 0.1) is 11.8 Å². The van der Waals surface area contributed by atoms with Crippen LogP contribution in [0.4, 0.5) is 0 Å². The van der Waals surface area contributed by atoms with Gasteiger partial charge in [0.25, 0.3) is 0 Å². The Hall–Kier alpha value is -1.90. The number of carbonyl (C=O) groups is 2. The third kappa shape index (κ3) is 4.49. The molecular weight excluding hydrogens is 416 g/mol. The number of carbonyl (C=O) groups excluding carboxylic acids is 1. The Morgan fingerprint density at radius 1 is 0.966 bits per heavy atom. The Balaban J connectivity index is 1.69. The second-order valence-corrected chi connectivity index (χ2v) is 10.1. The summed E-state index contributed by atoms with van der Waals surface area (Å²) in [5.41, 5.74) is 2.09. The molecule has 1 fully saturated rings. The summed E-state index contributed by atoms with van der Waals surface area (Å²) in [6.45, 7) is 4.69. The van der Waals surface area contributed by atoms with Crippen LogP contribution in [0.1, 0.15) is 26.7 Å². The van der Waals surface area contributed by atoms with Crippen LogP contribution in [-0.4, -0.2) is 60.8 Å². The van der Waals surface area contributed by atoms with Gasteiger partial charge in [-0.2, -0.15) is 4.31 Å². The molecule has 7 nitrogen and oxygen atoms in total. The molecule has 1 aromatic rings. The normalized spacial score (nSPS) is 23.9. The molecule has 158 valence electrons. The smallest absolute Gasteiger partial charge is 0.307 e. The zero-order chi connectivity index (χ0) is 21.3. The molecule has 1 aliphatic heterocycles. The lowest BCUT2D eigenvalue weighted by atomic mass is 9.76. The minimum absolute atomic E-state index is 0.163. The Morgan fingerprint density at radius 3 is 2.00 bits per heavy atom. The maximum absolute atomic E-state index is 13.0. The molecule has 0 unspecified atom stereocenters. The van der Waals surface area contributed by atoms with E-state index in [1.54, 1.807) is 4.90 Å². The van der Waals surface area contributed by atoms with Crippen molar-refractivity contribution >= 4 is 33.5 Å². The van der Waals surface area contributed by atoms with Gasteiger partial charge in [0, 0.05) is 31.2 Å². The van der Waals surface area contributed by atoms with Crippen LogP contribution >= 0.6 is 11.6 Å². The number of piperazine rings is 1. The lowest BCUT2D eigenvalue weighted by Gasteiger charge is -2.38. The predicted octanol–water partition coefficient (Wildman–Crippen LogP) is 2.62. The zero-order valence-electron chi connectivity index (χ0n) is 16.5. The molecule has 2 atom stereocenters. The maximum Gasteiger partial charge on any atom is 0.307 e. The van der Waals surface area contributed by atoms with E-state index in [1.807, 2.05) is 13.8 Å². The Labute approximate surface area is 176 Å². The van der Waals surface area contributed by atoms with Crippen molar-refractivity contribution in [3.05, 3.63) is 40.4 Å². The molecule has 3 rings (SSSR count). The summed E-state index contributed by atoms with van der Waals surface area (Å²) in [6, 6.07) is 5.99. The van der Waals surface area contributed by atoms with E-state index >= 15 is 0 Å². The molecule has 0 saturated carbocycles. The highest BCUT2D eigenvalue weighted by molar-refractivity contribution is 7.89. The van der Waals surface area contributed by atoms with Crippen LogP contribution in [0.15, 0.2) is 40.3 Å². The fourth-order valence-corrected chi connectivity index (χ4v) is 5.50. The van der Waals surface area contributed by atoms with Crippen molar-refractivity contribution in [2.24, 2.45) is 11.8 Å². The summed E-state index contributed by atoms with van der Waals surface area (Å²) in [5.74, 6) is -2.50. The minimum Gasteiger partial charge on any atom is -0.481 e. The molecule has 0 bridgehead atoms. The van der Waals surface area contributed by atoms with E-state index < -0.39 is 27.8 Å². The summed E-state index contributed by atoms with van der Waals surface area (Å²) in [5, 5.41) is 10.0. The number of aliphatic carboxylic acids is 1. The van der Waals surface area contributed by atoms with Gasteiger partial charge in [-0.3, -0.25) is 9.59 Å². The number of allylic oxidation sites excluding steroid dienone is 2. The second-order valence-electron chi connectivity index (χ2n) is 7.70. The summed E-state index contributed by atoms with van der Waals surface area (Å²) in [4.78, 5) is 26.5. The molecule has 9 heteroatoms. The van der Waals surface area contributed by atoms with E-state index in [0.29, 0.717) is 17.9 Å². The number of hydrogen-bond acceptors (Lipinski definition) is 4. The van der Waals surface area contributed by atoms with Crippen LogP contribution in [0.2, 0.25) is 5.02 Å². The highest BCUT2D eigenvalue weighted by Gasteiger charge is 2.40. The monoisotopic (exact) mass is 440 g/mol. The average molecular weight is 441 g/mol. The molecule has 0 aromatic heterocycles. The number of rotatable bonds is 4. The van der Waals surface area contributed by atoms with Crippen molar-refractivity contribution in [1.82, 2.24) is 9.21 Å². The molecular formula is C20H25ClN2O5S. The molecule has 1 heterocycles. The van der Waals surface area contributed by atoms with Crippen molar-refractivity contribution in [3.8, 4) is 0 Å². The lowest BCUT2D eigenvalue weighted by molar-refractivity contribution is -0.151. The fraction of sp³-hybridized carbons (Fsp3) is 0.500. The van der Waals surface area contributed by atoms with Crippen molar-refractivity contribution in [3.63, 3.8) is 0 Å². The minimum atomic E-state index is -3.66. The SMILES string of the molecule is CC1=C(C)C[C@@H](C(=O)O)[C@@H](C(=O)N2CCN(S(=O)(=O)c3ccc(Cl)cc3)CC2)C1. The molecule has 1 aliphatic carbocycles. The van der Waals surface area contributed by atoms with Gasteiger partial charge in [-0.05, 0) is 51.0 Å². The number of carboxylic acids is 1. The number of nitrogens with zero attached hydrogens (tertiary/aromatic N) is 2. The first-order chi connectivity index (χ1) is 13.6. The van der Waals surface area contributed by atoms with Gasteiger partial charge in [0.2, 0.25) is 15.9 Å². The highest BCUT2D eigenvalue weighted by Crippen LogP contribution is 2.35. The number of amides is 1. The van der Waals surface area contributed by atoms with Crippen LogP contribution in [0.5, 0.6) is 0 Å². The van der Waals surface area contributed by atoms with Gasteiger partial charge in [0.05, 0.1) is 16.7 Å². The van der Waals surface area contributed by atoms with E-state index in [0.717, 1.165) is 11.1 Å². The topological polar surface area (TPSA) is 95.0 Å². The first kappa shape index (κ1) is 21.8. The van der Waals surface area contributed by atoms with E-state index in [-0.39, 0.29) is 37.0 Å². The van der Waals surface area contributed by atoms with Crippen molar-refractivity contribution in [2.75, 3.05) is 26.2 Å². The molecule has 29 heavy (non-hydrogen) atoms. The number of sulfonamides is 1. The number of hydrogen-bond donors (Lipinski definition) is 1. The van der Waals surface area contributed by atoms with Gasteiger partial charge in [0.15, 0.2) is 0 Å². The van der Waals surface area contributed by atoms with Crippen LogP contribution in [0.25, 0.3) is 0 Å². The third-order valence-corrected chi connectivity index (χ3v) is 8.07. The maximum atomic E-state index is 13.0. The van der Waals surface area contributed by atoms with Gasteiger partial charge in [-0.25, -0.2) is 8.42 Å². The summed E-state index contributed by atoms with van der Waals surface area (Å²) < 4.78 is 26.9. The second kappa shape index (κ2) is 8.45. The quantitative estimate of drug-likeness (QED) is 0.726. The molecule has 2 aliphatic rings. The van der Waals surface area contributed by atoms with Crippen LogP contribution in [-0.2, 0) is 19.6 Å². The average Bonchev–Trinajstić information content (AvgIpc) is 2.69. The van der Waals surface area contributed by atoms with E-state index in [4.69, 9.17) is 11.6 Å². The van der Waals surface area contributed by atoms with Gasteiger partial charge < -0.3 is 10.0 Å². The number of halogens is 1. The Morgan fingerprint density at radius 2 is 1.48 bits per heavy atom. The van der Waals surface area contributed by atoms with Crippen molar-refractivity contribution < 1.29 is 23.1 Å². The Bertz CT molecular complexity index is 934. The Kier molecular flexibility index (Phi) is 6.36. The molecule has 1 N–H and O–H groups in total. The number of carboxylic acid groups (broad SMARTS) is 1. The van der Waals surface area contributed by atoms with E-state index in [1.165, 1.54) is 28.6 Å². The molecule has 1 amide bonds. The first-order valence-corrected chi connectivity index (χ1v) is 11.4. The van der Waals surface area contributed by atoms with Gasteiger partial charge >= 0.3 is 5.97 Å². The summed E-state index contributed by atoms with van der Waals surface area (Å²) in [7, 11) is -3.66. The molecule has 0 radical (unpaired) electrons. The third-order valence-electron chi connectivity index (χ3n) is 5.90. The van der Waals surface area contributed by atoms with Gasteiger partial charge in [-0.1, -0.05) is 22.7 Å². The summed E-state index contributed by atoms with van der Waals surface area (Å²) >= 11 is 5.83. The van der Waals surface area contributed by atoms with Gasteiger partial charge in [0.1, 0.15) is 0 Å². The standard InChI is InChI=1S/C20H25ClN2O5S/c1-13-11-17(18(20(25)26)12-14(13)2)19(24)22-7-9-23(10-8-22)29(27,28)16-5-3-15(21)4-6-16/h3-6,17-18H,7-12H2,1-2H3,(H,25,26)/t17-,18+/m0/s1. The predicted molar refractivity (Wildman–Crippen MR) is 109 cm³/mol. The molecule has 1 aromatic carbocycles. The summed E-state index contributed by atoms with van der Waals surface area (Å²) in [6.07, 6.45) is 0.813. The van der Waals surface area contributed by atoms with Crippen molar-refractivity contribution in [2.45, 2.75) is 31.6 Å². The van der Waals surface area contributed by atoms with E-state index in [9.17, 15) is 23.1 Å². The van der Waals surface area contributed by atoms with Crippen LogP contribution < -0.4 is 0 Å².